The average molecular weight is 300 g/mol. The topological polar surface area (TPSA) is 101 Å². The average Bonchev–Trinajstić information content (AvgIpc) is 2.41. The molecule has 1 rings (SSSR count). The number of rotatable bonds is 7. The van der Waals surface area contributed by atoms with Gasteiger partial charge in [0.15, 0.2) is 5.25 Å². The Morgan fingerprint density at radius 3 is 2.05 bits per heavy atom. The first-order valence-corrected chi connectivity index (χ1v) is 7.64. The van der Waals surface area contributed by atoms with Crippen molar-refractivity contribution in [1.82, 2.24) is 0 Å². The zero-order valence-electron chi connectivity index (χ0n) is 11.1. The van der Waals surface area contributed by atoms with Gasteiger partial charge in [-0.25, -0.2) is 0 Å². The fourth-order valence-corrected chi connectivity index (χ4v) is 3.69. The maximum atomic E-state index is 9.05. The van der Waals surface area contributed by atoms with E-state index in [0.29, 0.717) is 0 Å². The van der Waals surface area contributed by atoms with Crippen molar-refractivity contribution >= 4 is 17.1 Å². The molecule has 0 aliphatic carbocycles. The number of aliphatic hydroxyl groups is 2. The van der Waals surface area contributed by atoms with E-state index in [1.807, 2.05) is 24.3 Å². The molecule has 0 saturated heterocycles. The van der Waals surface area contributed by atoms with Crippen LogP contribution in [-0.4, -0.2) is 46.2 Å². The van der Waals surface area contributed by atoms with Crippen LogP contribution in [0.5, 0.6) is 0 Å². The number of carbonyl (C=O) groups is 1. The van der Waals surface area contributed by atoms with Crippen molar-refractivity contribution in [2.75, 3.05) is 24.7 Å². The van der Waals surface area contributed by atoms with Gasteiger partial charge in [0.25, 0.3) is 0 Å². The minimum atomic E-state index is -2.08. The van der Waals surface area contributed by atoms with Crippen LogP contribution < -0.4 is 5.11 Å². The standard InChI is InChI=1S/C13H19O2S.CH2O3/c1-2-13(12-6-4-3-5-7-12)16(10-8-14)11-9-15;2-1(3)4/h2-7,13-15H,1,8-11H2;(H2,2,3,4)/q+1;/p-1. The Bertz CT molecular complexity index is 372. The summed E-state index contributed by atoms with van der Waals surface area (Å²) in [5.41, 5.74) is 1.21. The van der Waals surface area contributed by atoms with E-state index in [4.69, 9.17) is 25.2 Å². The van der Waals surface area contributed by atoms with Crippen molar-refractivity contribution in [3.63, 3.8) is 0 Å². The van der Waals surface area contributed by atoms with E-state index >= 15 is 0 Å². The summed E-state index contributed by atoms with van der Waals surface area (Å²) >= 11 is 0. The highest BCUT2D eigenvalue weighted by atomic mass is 32.2. The van der Waals surface area contributed by atoms with Gasteiger partial charge in [0, 0.05) is 16.5 Å². The Labute approximate surface area is 121 Å². The Balaban J connectivity index is 0.000000796. The van der Waals surface area contributed by atoms with E-state index in [9.17, 15) is 0 Å². The summed E-state index contributed by atoms with van der Waals surface area (Å²) < 4.78 is 0. The van der Waals surface area contributed by atoms with Gasteiger partial charge in [0.05, 0.1) is 13.2 Å². The highest BCUT2D eigenvalue weighted by molar-refractivity contribution is 7.97. The van der Waals surface area contributed by atoms with Gasteiger partial charge in [-0.3, -0.25) is 0 Å². The lowest BCUT2D eigenvalue weighted by Crippen LogP contribution is -2.23. The third kappa shape index (κ3) is 7.83. The van der Waals surface area contributed by atoms with Crippen LogP contribution in [0.4, 0.5) is 4.79 Å². The first kappa shape index (κ1) is 18.5. The first-order valence-electron chi connectivity index (χ1n) is 6.02. The molecular weight excluding hydrogens is 280 g/mol. The molecule has 0 spiro atoms. The van der Waals surface area contributed by atoms with Gasteiger partial charge >= 0.3 is 0 Å². The molecule has 0 aromatic heterocycles. The number of hydrogen-bond donors (Lipinski definition) is 3. The van der Waals surface area contributed by atoms with Gasteiger partial charge in [0.2, 0.25) is 6.16 Å². The van der Waals surface area contributed by atoms with Crippen molar-refractivity contribution in [3.8, 4) is 0 Å². The molecule has 0 radical (unpaired) electrons. The van der Waals surface area contributed by atoms with Crippen LogP contribution in [0.15, 0.2) is 43.0 Å². The lowest BCUT2D eigenvalue weighted by molar-refractivity contribution is -0.275. The molecule has 5 nitrogen and oxygen atoms in total. The molecule has 1 unspecified atom stereocenters. The van der Waals surface area contributed by atoms with Gasteiger partial charge < -0.3 is 25.2 Å². The Hall–Kier alpha value is -1.50. The second-order valence-corrected chi connectivity index (χ2v) is 6.13. The molecule has 1 aromatic rings. The van der Waals surface area contributed by atoms with Crippen LogP contribution in [0.25, 0.3) is 0 Å². The molecular formula is C14H20O5S. The zero-order chi connectivity index (χ0) is 15.4. The van der Waals surface area contributed by atoms with Crippen molar-refractivity contribution in [2.24, 2.45) is 0 Å². The summed E-state index contributed by atoms with van der Waals surface area (Å²) in [4.78, 5) is 8.44. The van der Waals surface area contributed by atoms with Crippen LogP contribution in [0.2, 0.25) is 0 Å². The van der Waals surface area contributed by atoms with E-state index in [1.165, 1.54) is 5.56 Å². The lowest BCUT2D eigenvalue weighted by atomic mass is 10.1. The van der Waals surface area contributed by atoms with E-state index in [0.717, 1.165) is 11.5 Å². The maximum absolute atomic E-state index is 9.05. The summed E-state index contributed by atoms with van der Waals surface area (Å²) in [5.74, 6) is 1.46. The highest BCUT2D eigenvalue weighted by Crippen LogP contribution is 2.25. The summed E-state index contributed by atoms with van der Waals surface area (Å²) in [6.45, 7) is 4.20. The quantitative estimate of drug-likeness (QED) is 0.500. The number of benzene rings is 1. The minimum Gasteiger partial charge on any atom is -0.565 e. The fourth-order valence-electron chi connectivity index (χ4n) is 1.70. The van der Waals surface area contributed by atoms with Gasteiger partial charge in [0.1, 0.15) is 11.5 Å². The minimum absolute atomic E-state index is 0.0314. The third-order valence-electron chi connectivity index (χ3n) is 2.41. The van der Waals surface area contributed by atoms with Crippen molar-refractivity contribution in [1.29, 1.82) is 0 Å². The summed E-state index contributed by atoms with van der Waals surface area (Å²) in [5, 5.41) is 33.6. The Kier molecular flexibility index (Phi) is 10.5. The molecule has 0 fully saturated rings. The van der Waals surface area contributed by atoms with Gasteiger partial charge in [-0.2, -0.15) is 0 Å². The molecule has 0 heterocycles. The molecule has 20 heavy (non-hydrogen) atoms. The molecule has 1 atom stereocenters. The Morgan fingerprint density at radius 1 is 1.25 bits per heavy atom. The van der Waals surface area contributed by atoms with Crippen LogP contribution in [0, 0.1) is 0 Å². The van der Waals surface area contributed by atoms with Gasteiger partial charge in [-0.1, -0.05) is 36.9 Å². The number of hydrogen-bond acceptors (Lipinski definition) is 4. The van der Waals surface area contributed by atoms with Crippen molar-refractivity contribution < 1.29 is 25.2 Å². The number of aliphatic hydroxyl groups excluding tert-OH is 2. The van der Waals surface area contributed by atoms with Gasteiger partial charge in [-0.15, -0.1) is 0 Å². The molecule has 0 saturated carbocycles. The van der Waals surface area contributed by atoms with Gasteiger partial charge in [-0.05, 0) is 6.08 Å². The van der Waals surface area contributed by atoms with E-state index in [-0.39, 0.29) is 29.4 Å². The summed E-state index contributed by atoms with van der Waals surface area (Å²) in [6, 6.07) is 10.1. The van der Waals surface area contributed by atoms with Crippen molar-refractivity contribution in [2.45, 2.75) is 5.25 Å². The fraction of sp³-hybridized carbons (Fsp3) is 0.357. The van der Waals surface area contributed by atoms with E-state index in [2.05, 4.69) is 18.7 Å². The third-order valence-corrected chi connectivity index (χ3v) is 5.01. The second-order valence-electron chi connectivity index (χ2n) is 3.73. The molecule has 0 aliphatic rings. The lowest BCUT2D eigenvalue weighted by Gasteiger charge is -2.15. The predicted molar refractivity (Wildman–Crippen MR) is 78.7 cm³/mol. The molecule has 0 amide bonds. The Morgan fingerprint density at radius 2 is 1.70 bits per heavy atom. The van der Waals surface area contributed by atoms with Crippen LogP contribution in [0.3, 0.4) is 0 Å². The highest BCUT2D eigenvalue weighted by Gasteiger charge is 2.28. The smallest absolute Gasteiger partial charge is 0.249 e. The van der Waals surface area contributed by atoms with E-state index < -0.39 is 6.16 Å². The maximum Gasteiger partial charge on any atom is 0.249 e. The van der Waals surface area contributed by atoms with Crippen LogP contribution in [0.1, 0.15) is 10.8 Å². The molecule has 1 aromatic carbocycles. The largest absolute Gasteiger partial charge is 0.565 e. The first-order chi connectivity index (χ1) is 9.56. The van der Waals surface area contributed by atoms with E-state index in [1.54, 1.807) is 0 Å². The monoisotopic (exact) mass is 300 g/mol. The molecule has 0 bridgehead atoms. The van der Waals surface area contributed by atoms with Crippen LogP contribution >= 0.6 is 0 Å². The molecule has 112 valence electrons. The summed E-state index contributed by atoms with van der Waals surface area (Å²) in [7, 11) is -0.0314. The SMILES string of the molecule is C=CC(c1ccccc1)[S+](CCO)CCO.O=C([O-])O. The normalized spacial score (nSPS) is 11.3. The zero-order valence-corrected chi connectivity index (χ0v) is 12.0. The molecule has 6 heteroatoms. The van der Waals surface area contributed by atoms with Crippen molar-refractivity contribution in [3.05, 3.63) is 48.6 Å². The summed E-state index contributed by atoms with van der Waals surface area (Å²) in [6.07, 6.45) is -0.163. The second kappa shape index (κ2) is 11.3. The predicted octanol–water partition coefficient (Wildman–Crippen LogP) is 0.404. The van der Waals surface area contributed by atoms with Crippen LogP contribution in [-0.2, 0) is 10.9 Å². The molecule has 0 aliphatic heterocycles. The molecule has 3 N–H and O–H groups in total. The number of carboxylic acid groups (broad SMARTS) is 2.